The molecule has 3 amide bonds. The second-order valence-electron chi connectivity index (χ2n) is 10.4. The number of rotatable bonds is 9. The van der Waals surface area contributed by atoms with Crippen LogP contribution in [0.15, 0.2) is 0 Å². The van der Waals surface area contributed by atoms with E-state index >= 15 is 0 Å². The number of likely N-dealkylation sites (tertiary alicyclic amines) is 1. The maximum atomic E-state index is 12.9. The molecule has 0 aromatic rings. The molecule has 6 N–H and O–H groups in total. The molecule has 1 saturated carbocycles. The lowest BCUT2D eigenvalue weighted by molar-refractivity contribution is -0.142. The highest BCUT2D eigenvalue weighted by molar-refractivity contribution is 6.37. The van der Waals surface area contributed by atoms with Crippen LogP contribution in [0, 0.1) is 17.3 Å². The van der Waals surface area contributed by atoms with Crippen LogP contribution in [0.5, 0.6) is 0 Å². The summed E-state index contributed by atoms with van der Waals surface area (Å²) in [6, 6.07) is -1.56. The number of hydrogen-bond acceptors (Lipinski definition) is 6. The smallest absolute Gasteiger partial charge is 0.287 e. The van der Waals surface area contributed by atoms with Crippen molar-refractivity contribution in [1.82, 2.24) is 10.2 Å². The van der Waals surface area contributed by atoms with Crippen LogP contribution in [0.3, 0.4) is 0 Å². The van der Waals surface area contributed by atoms with E-state index in [0.717, 1.165) is 45.6 Å². The Morgan fingerprint density at radius 2 is 1.64 bits per heavy atom. The van der Waals surface area contributed by atoms with Crippen molar-refractivity contribution < 1.29 is 24.3 Å². The maximum absolute atomic E-state index is 12.9. The minimum absolute atomic E-state index is 0.0310. The maximum Gasteiger partial charge on any atom is 0.287 e. The van der Waals surface area contributed by atoms with Gasteiger partial charge in [-0.3, -0.25) is 19.2 Å². The Balaban J connectivity index is 0.00000129. The van der Waals surface area contributed by atoms with Crippen LogP contribution >= 0.6 is 0 Å². The summed E-state index contributed by atoms with van der Waals surface area (Å²) in [6.45, 7) is 11.1. The van der Waals surface area contributed by atoms with Gasteiger partial charge >= 0.3 is 0 Å². The number of carbonyl (C=O) groups is 4. The molecule has 1 heterocycles. The Labute approximate surface area is 199 Å². The van der Waals surface area contributed by atoms with Crippen molar-refractivity contribution in [3.8, 4) is 0 Å². The number of nitrogens with zero attached hydrogens (tertiary/aromatic N) is 1. The average molecular weight is 471 g/mol. The lowest BCUT2D eigenvalue weighted by Gasteiger charge is -2.32. The molecular weight excluding hydrogens is 424 g/mol. The molecule has 1 aliphatic heterocycles. The first-order valence-corrected chi connectivity index (χ1v) is 12.0. The Morgan fingerprint density at radius 1 is 1.09 bits per heavy atom. The number of amides is 3. The lowest BCUT2D eigenvalue weighted by Crippen LogP contribution is -2.55. The van der Waals surface area contributed by atoms with Crippen LogP contribution < -0.4 is 16.8 Å². The molecule has 33 heavy (non-hydrogen) atoms. The third-order valence-corrected chi connectivity index (χ3v) is 5.62. The molecular formula is C24H46N4O5. The van der Waals surface area contributed by atoms with Crippen molar-refractivity contribution >= 4 is 23.5 Å². The zero-order valence-corrected chi connectivity index (χ0v) is 21.4. The van der Waals surface area contributed by atoms with Crippen molar-refractivity contribution in [3.05, 3.63) is 0 Å². The molecule has 0 aromatic carbocycles. The van der Waals surface area contributed by atoms with Gasteiger partial charge in [-0.05, 0) is 36.5 Å². The molecule has 2 fully saturated rings. The third-order valence-electron chi connectivity index (χ3n) is 5.62. The lowest BCUT2D eigenvalue weighted by atomic mass is 9.80. The molecule has 2 rings (SSSR count). The van der Waals surface area contributed by atoms with Gasteiger partial charge in [0.2, 0.25) is 17.6 Å². The van der Waals surface area contributed by atoms with Crippen molar-refractivity contribution in [1.29, 1.82) is 0 Å². The Kier molecular flexibility index (Phi) is 14.1. The molecule has 9 nitrogen and oxygen atoms in total. The van der Waals surface area contributed by atoms with E-state index in [9.17, 15) is 19.2 Å². The molecule has 0 spiro atoms. The quantitative estimate of drug-likeness (QED) is 0.373. The summed E-state index contributed by atoms with van der Waals surface area (Å²) in [6.07, 6.45) is 5.92. The van der Waals surface area contributed by atoms with Crippen molar-refractivity contribution in [2.75, 3.05) is 20.2 Å². The monoisotopic (exact) mass is 470 g/mol. The van der Waals surface area contributed by atoms with Gasteiger partial charge in [0.1, 0.15) is 6.04 Å². The van der Waals surface area contributed by atoms with Gasteiger partial charge in [0.25, 0.3) is 5.91 Å². The van der Waals surface area contributed by atoms with E-state index in [0.29, 0.717) is 24.3 Å². The number of hydrogen-bond donors (Lipinski definition) is 4. The highest BCUT2D eigenvalue weighted by Gasteiger charge is 2.42. The van der Waals surface area contributed by atoms with E-state index in [-0.39, 0.29) is 24.3 Å². The number of ketones is 1. The summed E-state index contributed by atoms with van der Waals surface area (Å²) in [5.41, 5.74) is 11.1. The molecule has 0 bridgehead atoms. The molecule has 3 atom stereocenters. The predicted octanol–water partition coefficient (Wildman–Crippen LogP) is 1.35. The fraction of sp³-hybridized carbons (Fsp3) is 0.833. The topological polar surface area (TPSA) is 156 Å². The van der Waals surface area contributed by atoms with Crippen molar-refractivity contribution in [2.24, 2.45) is 28.7 Å². The third kappa shape index (κ3) is 11.1. The number of nitrogens with one attached hydrogen (secondary N) is 1. The summed E-state index contributed by atoms with van der Waals surface area (Å²) >= 11 is 0. The second kappa shape index (κ2) is 15.0. The van der Waals surface area contributed by atoms with Gasteiger partial charge in [-0.1, -0.05) is 60.3 Å². The number of primary amides is 1. The summed E-state index contributed by atoms with van der Waals surface area (Å²) in [5.74, 6) is -2.13. The van der Waals surface area contributed by atoms with Gasteiger partial charge in [0, 0.05) is 13.7 Å². The Hall–Kier alpha value is -2.00. The average Bonchev–Trinajstić information content (AvgIpc) is 3.12. The summed E-state index contributed by atoms with van der Waals surface area (Å²) < 4.78 is 0. The first kappa shape index (κ1) is 31.0. The van der Waals surface area contributed by atoms with Gasteiger partial charge in [-0.25, -0.2) is 0 Å². The van der Waals surface area contributed by atoms with Crippen LogP contribution in [0.2, 0.25) is 0 Å². The molecule has 192 valence electrons. The highest BCUT2D eigenvalue weighted by atomic mass is 16.2. The van der Waals surface area contributed by atoms with E-state index in [1.165, 1.54) is 4.90 Å². The van der Waals surface area contributed by atoms with E-state index < -0.39 is 23.8 Å². The highest BCUT2D eigenvalue weighted by Crippen LogP contribution is 2.32. The normalized spacial score (nSPS) is 20.9. The fourth-order valence-electron chi connectivity index (χ4n) is 4.00. The van der Waals surface area contributed by atoms with Gasteiger partial charge in [0.05, 0.1) is 12.6 Å². The summed E-state index contributed by atoms with van der Waals surface area (Å²) in [5, 5.41) is 9.71. The molecule has 2 aliphatic rings. The number of aliphatic hydroxyl groups is 1. The number of nitrogens with two attached hydrogens (primary N) is 2. The zero-order valence-electron chi connectivity index (χ0n) is 21.4. The van der Waals surface area contributed by atoms with Gasteiger partial charge in [-0.2, -0.15) is 0 Å². The SMILES string of the molecule is CC(C)(C)C.CCC[C@H]1CCN(C(=O)CN)C1C(=O)NC(CC1CCC1)C(=O)C(N)=O.CO. The van der Waals surface area contributed by atoms with Gasteiger partial charge in [-0.15, -0.1) is 0 Å². The molecule has 0 radical (unpaired) electrons. The zero-order chi connectivity index (χ0) is 25.8. The van der Waals surface area contributed by atoms with Gasteiger partial charge in [0.15, 0.2) is 0 Å². The minimum atomic E-state index is -1.04. The Bertz CT molecular complexity index is 637. The van der Waals surface area contributed by atoms with E-state index in [4.69, 9.17) is 16.6 Å². The van der Waals surface area contributed by atoms with Crippen LogP contribution in [0.4, 0.5) is 0 Å². The molecule has 1 aliphatic carbocycles. The minimum Gasteiger partial charge on any atom is -0.400 e. The molecule has 9 heteroatoms. The summed E-state index contributed by atoms with van der Waals surface area (Å²) in [4.78, 5) is 50.1. The first-order valence-electron chi connectivity index (χ1n) is 12.0. The number of aliphatic hydroxyl groups excluding tert-OH is 1. The molecule has 0 aromatic heterocycles. The largest absolute Gasteiger partial charge is 0.400 e. The predicted molar refractivity (Wildman–Crippen MR) is 129 cm³/mol. The van der Waals surface area contributed by atoms with Gasteiger partial charge < -0.3 is 26.8 Å². The van der Waals surface area contributed by atoms with E-state index in [2.05, 4.69) is 33.0 Å². The Morgan fingerprint density at radius 3 is 2.03 bits per heavy atom. The summed E-state index contributed by atoms with van der Waals surface area (Å²) in [7, 11) is 1.00. The first-order chi connectivity index (χ1) is 15.4. The molecule has 2 unspecified atom stereocenters. The number of Topliss-reactive ketones (excluding diaryl/α,β-unsaturated/α-hetero) is 1. The molecule has 1 saturated heterocycles. The van der Waals surface area contributed by atoms with Crippen molar-refractivity contribution in [2.45, 2.75) is 91.6 Å². The van der Waals surface area contributed by atoms with E-state index in [1.54, 1.807) is 0 Å². The van der Waals surface area contributed by atoms with Crippen molar-refractivity contribution in [3.63, 3.8) is 0 Å². The number of carbonyl (C=O) groups excluding carboxylic acids is 4. The fourth-order valence-corrected chi connectivity index (χ4v) is 4.00. The van der Waals surface area contributed by atoms with Crippen LogP contribution in [-0.4, -0.2) is 65.8 Å². The van der Waals surface area contributed by atoms with Crippen LogP contribution in [-0.2, 0) is 19.2 Å². The van der Waals surface area contributed by atoms with Crippen LogP contribution in [0.1, 0.15) is 79.6 Å². The van der Waals surface area contributed by atoms with Crippen LogP contribution in [0.25, 0.3) is 0 Å². The van der Waals surface area contributed by atoms with E-state index in [1.807, 2.05) is 6.92 Å². The standard InChI is InChI=1S/C18H30N4O4.C5H12.CH4O/c1-2-4-12-7-8-22(14(23)10-19)15(12)18(26)21-13(16(24)17(20)25)9-11-5-3-6-11;1-5(2,3)4;1-2/h11-13,15H,2-10,19H2,1H3,(H2,20,25)(H,21,26);1-4H3;2H,1H3/t12-,13?,15?;;/m0../s1. The second-order valence-corrected chi connectivity index (χ2v) is 10.4.